The van der Waals surface area contributed by atoms with Crippen LogP contribution in [0.25, 0.3) is 0 Å². The van der Waals surface area contributed by atoms with E-state index >= 15 is 0 Å². The summed E-state index contributed by atoms with van der Waals surface area (Å²) < 4.78 is 0. The van der Waals surface area contributed by atoms with E-state index in [1.165, 1.54) is 0 Å². The van der Waals surface area contributed by atoms with E-state index in [1.807, 2.05) is 70.5 Å². The van der Waals surface area contributed by atoms with Crippen LogP contribution in [0.4, 0.5) is 10.5 Å². The van der Waals surface area contributed by atoms with Gasteiger partial charge in [0.15, 0.2) is 0 Å². The monoisotopic (exact) mass is 525 g/mol. The lowest BCUT2D eigenvalue weighted by Crippen LogP contribution is -2.41. The van der Waals surface area contributed by atoms with Crippen molar-refractivity contribution in [3.63, 3.8) is 0 Å². The third kappa shape index (κ3) is 6.51. The lowest BCUT2D eigenvalue weighted by Gasteiger charge is -2.32. The van der Waals surface area contributed by atoms with Crippen LogP contribution >= 0.6 is 0 Å². The molecule has 0 radical (unpaired) electrons. The van der Waals surface area contributed by atoms with Crippen molar-refractivity contribution in [1.82, 2.24) is 10.2 Å². The van der Waals surface area contributed by atoms with Gasteiger partial charge in [-0.15, -0.1) is 0 Å². The normalized spacial score (nSPS) is 19.9. The van der Waals surface area contributed by atoms with Crippen LogP contribution < -0.4 is 10.2 Å². The van der Waals surface area contributed by atoms with Gasteiger partial charge in [0.1, 0.15) is 0 Å². The number of para-hydroxylation sites is 1. The summed E-state index contributed by atoms with van der Waals surface area (Å²) >= 11 is 0. The summed E-state index contributed by atoms with van der Waals surface area (Å²) in [6.07, 6.45) is 6.07. The van der Waals surface area contributed by atoms with Crippen molar-refractivity contribution in [1.29, 1.82) is 0 Å². The molecule has 6 heteroatoms. The summed E-state index contributed by atoms with van der Waals surface area (Å²) in [6.45, 7) is 2.00. The number of nitrogens with zero attached hydrogens (tertiary/aromatic N) is 2. The van der Waals surface area contributed by atoms with Gasteiger partial charge in [-0.25, -0.2) is 4.79 Å². The van der Waals surface area contributed by atoms with E-state index in [-0.39, 0.29) is 30.4 Å². The van der Waals surface area contributed by atoms with Gasteiger partial charge in [0.2, 0.25) is 5.91 Å². The smallest absolute Gasteiger partial charge is 0.324 e. The Morgan fingerprint density at radius 3 is 2.15 bits per heavy atom. The molecular formula is C33H39N3O3. The quantitative estimate of drug-likeness (QED) is 0.377. The van der Waals surface area contributed by atoms with Crippen molar-refractivity contribution >= 4 is 17.6 Å². The van der Waals surface area contributed by atoms with Crippen molar-refractivity contribution in [2.75, 3.05) is 24.6 Å². The van der Waals surface area contributed by atoms with Crippen molar-refractivity contribution < 1.29 is 14.7 Å². The number of hydrogen-bond acceptors (Lipinski definition) is 3. The molecule has 3 unspecified atom stereocenters. The van der Waals surface area contributed by atoms with E-state index in [2.05, 4.69) is 29.6 Å². The van der Waals surface area contributed by atoms with Crippen LogP contribution in [-0.4, -0.2) is 41.6 Å². The number of rotatable bonds is 8. The Morgan fingerprint density at radius 1 is 0.846 bits per heavy atom. The molecule has 2 N–H and O–H groups in total. The number of benzene rings is 3. The molecule has 0 bridgehead atoms. The van der Waals surface area contributed by atoms with E-state index < -0.39 is 6.04 Å². The van der Waals surface area contributed by atoms with Gasteiger partial charge < -0.3 is 15.3 Å². The Labute approximate surface area is 231 Å². The molecule has 1 heterocycles. The second-order valence-electron chi connectivity index (χ2n) is 10.8. The van der Waals surface area contributed by atoms with Crippen LogP contribution in [-0.2, 0) is 11.3 Å². The summed E-state index contributed by atoms with van der Waals surface area (Å²) in [5.41, 5.74) is 4.04. The number of nitrogens with one attached hydrogen (secondary N) is 1. The van der Waals surface area contributed by atoms with Gasteiger partial charge in [0, 0.05) is 24.7 Å². The fourth-order valence-corrected chi connectivity index (χ4v) is 6.05. The molecule has 0 spiro atoms. The molecule has 5 rings (SSSR count). The van der Waals surface area contributed by atoms with E-state index in [0.717, 1.165) is 74.0 Å². The van der Waals surface area contributed by atoms with Crippen LogP contribution in [0.1, 0.15) is 67.2 Å². The number of likely N-dealkylation sites (tertiary alicyclic amines) is 1. The van der Waals surface area contributed by atoms with E-state index in [1.54, 1.807) is 0 Å². The first kappa shape index (κ1) is 26.9. The summed E-state index contributed by atoms with van der Waals surface area (Å²) in [4.78, 5) is 30.6. The third-order valence-corrected chi connectivity index (χ3v) is 8.23. The minimum atomic E-state index is -0.402. The Kier molecular flexibility index (Phi) is 8.94. The van der Waals surface area contributed by atoms with Gasteiger partial charge in [0.25, 0.3) is 0 Å². The molecule has 6 nitrogen and oxygen atoms in total. The average molecular weight is 526 g/mol. The minimum absolute atomic E-state index is 0.0122. The summed E-state index contributed by atoms with van der Waals surface area (Å²) in [5.74, 6) is 0.0254. The molecule has 1 saturated carbocycles. The second kappa shape index (κ2) is 12.9. The summed E-state index contributed by atoms with van der Waals surface area (Å²) in [6, 6.07) is 27.7. The number of anilines is 1. The second-order valence-corrected chi connectivity index (χ2v) is 10.8. The highest BCUT2D eigenvalue weighted by atomic mass is 16.3. The van der Waals surface area contributed by atoms with Crippen molar-refractivity contribution in [2.45, 2.75) is 57.0 Å². The fourth-order valence-electron chi connectivity index (χ4n) is 6.05. The molecule has 1 aliphatic heterocycles. The molecule has 2 aliphatic rings. The van der Waals surface area contributed by atoms with E-state index in [0.29, 0.717) is 6.54 Å². The zero-order valence-electron chi connectivity index (χ0n) is 22.5. The highest BCUT2D eigenvalue weighted by molar-refractivity contribution is 5.92. The third-order valence-electron chi connectivity index (χ3n) is 8.23. The maximum atomic E-state index is 13.4. The standard InChI is InChI=1S/C33H39N3O3/c37-24-31(27-11-3-1-4-12-27)34-32(38)30-16-8-7-15-29(30)26-19-17-25(18-20-26)23-36(28-13-5-2-6-14-28)33(39)35-21-9-10-22-35/h1-6,11-14,17-20,29-31,37H,7-10,15-16,21-24H2,(H,34,38). The zero-order chi connectivity index (χ0) is 27.0. The lowest BCUT2D eigenvalue weighted by molar-refractivity contribution is -0.127. The number of aliphatic hydroxyl groups excluding tert-OH is 1. The predicted molar refractivity (Wildman–Crippen MR) is 154 cm³/mol. The minimum Gasteiger partial charge on any atom is -0.394 e. The highest BCUT2D eigenvalue weighted by Gasteiger charge is 2.33. The van der Waals surface area contributed by atoms with Gasteiger partial charge in [-0.05, 0) is 60.4 Å². The van der Waals surface area contributed by atoms with Crippen molar-refractivity contribution in [2.24, 2.45) is 5.92 Å². The molecular weight excluding hydrogens is 486 g/mol. The molecule has 3 aromatic rings. The van der Waals surface area contributed by atoms with Gasteiger partial charge in [-0.3, -0.25) is 9.69 Å². The van der Waals surface area contributed by atoms with Gasteiger partial charge in [0.05, 0.1) is 19.2 Å². The van der Waals surface area contributed by atoms with Gasteiger partial charge in [-0.1, -0.05) is 85.6 Å². The predicted octanol–water partition coefficient (Wildman–Crippen LogP) is 6.03. The van der Waals surface area contributed by atoms with Crippen LogP contribution in [0.2, 0.25) is 0 Å². The van der Waals surface area contributed by atoms with Gasteiger partial charge >= 0.3 is 6.03 Å². The number of urea groups is 1. The van der Waals surface area contributed by atoms with Crippen molar-refractivity contribution in [3.05, 3.63) is 102 Å². The SMILES string of the molecule is O=C(NC(CO)c1ccccc1)C1CCCCC1c1ccc(CN(C(=O)N2CCCC2)c2ccccc2)cc1. The number of amides is 3. The topological polar surface area (TPSA) is 72.9 Å². The Hall–Kier alpha value is -3.64. The first-order valence-corrected chi connectivity index (χ1v) is 14.3. The summed E-state index contributed by atoms with van der Waals surface area (Å²) in [5, 5.41) is 13.1. The number of carbonyl (C=O) groups excluding carboxylic acids is 2. The molecule has 1 saturated heterocycles. The number of hydrogen-bond donors (Lipinski definition) is 2. The Bertz CT molecular complexity index is 1210. The van der Waals surface area contributed by atoms with E-state index in [9.17, 15) is 14.7 Å². The fraction of sp³-hybridized carbons (Fsp3) is 0.394. The lowest BCUT2D eigenvalue weighted by atomic mass is 9.74. The maximum absolute atomic E-state index is 13.4. The highest BCUT2D eigenvalue weighted by Crippen LogP contribution is 2.38. The molecule has 3 amide bonds. The average Bonchev–Trinajstić information content (AvgIpc) is 3.55. The number of carbonyl (C=O) groups is 2. The molecule has 39 heavy (non-hydrogen) atoms. The van der Waals surface area contributed by atoms with Crippen LogP contribution in [0.15, 0.2) is 84.9 Å². The van der Waals surface area contributed by atoms with Crippen LogP contribution in [0.5, 0.6) is 0 Å². The zero-order valence-corrected chi connectivity index (χ0v) is 22.5. The van der Waals surface area contributed by atoms with E-state index in [4.69, 9.17) is 0 Å². The Balaban J connectivity index is 1.30. The molecule has 3 atom stereocenters. The number of aliphatic hydroxyl groups is 1. The Morgan fingerprint density at radius 2 is 1.49 bits per heavy atom. The largest absolute Gasteiger partial charge is 0.394 e. The first-order valence-electron chi connectivity index (χ1n) is 14.3. The van der Waals surface area contributed by atoms with Crippen molar-refractivity contribution in [3.8, 4) is 0 Å². The molecule has 0 aromatic heterocycles. The molecule has 204 valence electrons. The molecule has 3 aromatic carbocycles. The van der Waals surface area contributed by atoms with Crippen LogP contribution in [0, 0.1) is 5.92 Å². The van der Waals surface area contributed by atoms with Crippen LogP contribution in [0.3, 0.4) is 0 Å². The first-order chi connectivity index (χ1) is 19.1. The summed E-state index contributed by atoms with van der Waals surface area (Å²) in [7, 11) is 0. The molecule has 2 fully saturated rings. The maximum Gasteiger partial charge on any atom is 0.324 e. The van der Waals surface area contributed by atoms with Gasteiger partial charge in [-0.2, -0.15) is 0 Å². The molecule has 1 aliphatic carbocycles.